The number of aryl methyl sites for hydroxylation is 1. The molecule has 1 saturated heterocycles. The number of nitrogens with zero attached hydrogens (tertiary/aromatic N) is 1. The SMILES string of the molecule is CCCc1ccc(C(=O)CN2CCCCC2CCO)cc1. The van der Waals surface area contributed by atoms with Crippen LogP contribution in [-0.2, 0) is 6.42 Å². The van der Waals surface area contributed by atoms with Crippen molar-refractivity contribution >= 4 is 5.78 Å². The summed E-state index contributed by atoms with van der Waals surface area (Å²) in [6.07, 6.45) is 6.45. The Balaban J connectivity index is 1.95. The minimum atomic E-state index is 0.197. The molecule has 0 amide bonds. The highest BCUT2D eigenvalue weighted by Gasteiger charge is 2.24. The van der Waals surface area contributed by atoms with Gasteiger partial charge in [-0.25, -0.2) is 0 Å². The van der Waals surface area contributed by atoms with Gasteiger partial charge in [0, 0.05) is 18.2 Å². The average molecular weight is 289 g/mol. The third kappa shape index (κ3) is 4.65. The van der Waals surface area contributed by atoms with Gasteiger partial charge in [0.05, 0.1) is 6.54 Å². The number of aliphatic hydroxyl groups is 1. The van der Waals surface area contributed by atoms with E-state index in [4.69, 9.17) is 5.11 Å². The summed E-state index contributed by atoms with van der Waals surface area (Å²) >= 11 is 0. The van der Waals surface area contributed by atoms with Crippen LogP contribution < -0.4 is 0 Å². The minimum Gasteiger partial charge on any atom is -0.396 e. The highest BCUT2D eigenvalue weighted by molar-refractivity contribution is 5.97. The number of Topliss-reactive ketones (excluding diaryl/α,β-unsaturated/α-hetero) is 1. The van der Waals surface area contributed by atoms with E-state index >= 15 is 0 Å². The van der Waals surface area contributed by atoms with Crippen molar-refractivity contribution in [1.29, 1.82) is 0 Å². The van der Waals surface area contributed by atoms with Gasteiger partial charge in [-0.2, -0.15) is 0 Å². The van der Waals surface area contributed by atoms with Gasteiger partial charge in [0.2, 0.25) is 0 Å². The maximum absolute atomic E-state index is 12.4. The van der Waals surface area contributed by atoms with Gasteiger partial charge in [0.15, 0.2) is 5.78 Å². The van der Waals surface area contributed by atoms with Crippen molar-refractivity contribution in [3.8, 4) is 0 Å². The molecule has 1 aromatic rings. The quantitative estimate of drug-likeness (QED) is 0.784. The van der Waals surface area contributed by atoms with Crippen LogP contribution in [0.4, 0.5) is 0 Å². The Morgan fingerprint density at radius 1 is 1.29 bits per heavy atom. The molecule has 1 fully saturated rings. The molecule has 1 atom stereocenters. The van der Waals surface area contributed by atoms with Crippen molar-refractivity contribution in [2.24, 2.45) is 0 Å². The average Bonchev–Trinajstić information content (AvgIpc) is 2.50. The molecule has 0 aromatic heterocycles. The molecule has 2 rings (SSSR count). The van der Waals surface area contributed by atoms with E-state index in [2.05, 4.69) is 24.0 Å². The molecule has 1 aliphatic heterocycles. The molecule has 1 N–H and O–H groups in total. The van der Waals surface area contributed by atoms with Crippen molar-refractivity contribution in [3.63, 3.8) is 0 Å². The summed E-state index contributed by atoms with van der Waals surface area (Å²) in [5, 5.41) is 9.16. The molecular formula is C18H27NO2. The van der Waals surface area contributed by atoms with Crippen molar-refractivity contribution in [1.82, 2.24) is 4.90 Å². The van der Waals surface area contributed by atoms with Gasteiger partial charge in [-0.3, -0.25) is 9.69 Å². The predicted octanol–water partition coefficient (Wildman–Crippen LogP) is 3.06. The molecule has 1 aromatic carbocycles. The number of hydrogen-bond donors (Lipinski definition) is 1. The van der Waals surface area contributed by atoms with Crippen molar-refractivity contribution < 1.29 is 9.90 Å². The Hall–Kier alpha value is -1.19. The van der Waals surface area contributed by atoms with Gasteiger partial charge < -0.3 is 5.11 Å². The molecule has 1 unspecified atom stereocenters. The second-order valence-corrected chi connectivity index (χ2v) is 6.00. The zero-order valence-corrected chi connectivity index (χ0v) is 13.1. The Labute approximate surface area is 128 Å². The summed E-state index contributed by atoms with van der Waals surface area (Å²) < 4.78 is 0. The molecule has 0 aliphatic carbocycles. The number of ketones is 1. The summed E-state index contributed by atoms with van der Waals surface area (Å²) in [5.74, 6) is 0.197. The van der Waals surface area contributed by atoms with Crippen LogP contribution in [0.1, 0.15) is 54.9 Å². The highest BCUT2D eigenvalue weighted by atomic mass is 16.3. The Bertz CT molecular complexity index is 439. The molecule has 3 heteroatoms. The zero-order valence-electron chi connectivity index (χ0n) is 13.1. The molecule has 3 nitrogen and oxygen atoms in total. The van der Waals surface area contributed by atoms with Crippen molar-refractivity contribution in [3.05, 3.63) is 35.4 Å². The van der Waals surface area contributed by atoms with E-state index in [1.807, 2.05) is 12.1 Å². The van der Waals surface area contributed by atoms with Gasteiger partial charge >= 0.3 is 0 Å². The van der Waals surface area contributed by atoms with Crippen LogP contribution in [0.5, 0.6) is 0 Å². The topological polar surface area (TPSA) is 40.5 Å². The van der Waals surface area contributed by atoms with E-state index in [1.165, 1.54) is 12.0 Å². The molecule has 0 spiro atoms. The molecule has 0 saturated carbocycles. The standard InChI is InChI=1S/C18H27NO2/c1-2-5-15-7-9-16(10-8-15)18(21)14-19-12-4-3-6-17(19)11-13-20/h7-10,17,20H,2-6,11-14H2,1H3. The zero-order chi connectivity index (χ0) is 15.1. The third-order valence-corrected chi connectivity index (χ3v) is 4.37. The molecule has 116 valence electrons. The number of carbonyl (C=O) groups is 1. The van der Waals surface area contributed by atoms with Gasteiger partial charge in [-0.05, 0) is 37.8 Å². The summed E-state index contributed by atoms with van der Waals surface area (Å²) in [6, 6.07) is 8.42. The fraction of sp³-hybridized carbons (Fsp3) is 0.611. The molecule has 1 aliphatic rings. The summed E-state index contributed by atoms with van der Waals surface area (Å²) in [4.78, 5) is 14.7. The van der Waals surface area contributed by atoms with Gasteiger partial charge in [-0.1, -0.05) is 44.0 Å². The van der Waals surface area contributed by atoms with Crippen LogP contribution in [0.3, 0.4) is 0 Å². The van der Waals surface area contributed by atoms with Gasteiger partial charge in [-0.15, -0.1) is 0 Å². The monoisotopic (exact) mass is 289 g/mol. The van der Waals surface area contributed by atoms with Crippen LogP contribution in [0, 0.1) is 0 Å². The lowest BCUT2D eigenvalue weighted by molar-refractivity contribution is 0.0799. The smallest absolute Gasteiger partial charge is 0.176 e. The Morgan fingerprint density at radius 3 is 2.71 bits per heavy atom. The number of rotatable bonds is 7. The van der Waals surface area contributed by atoms with Crippen LogP contribution in [0.2, 0.25) is 0 Å². The largest absolute Gasteiger partial charge is 0.396 e. The van der Waals surface area contributed by atoms with E-state index in [9.17, 15) is 4.79 Å². The van der Waals surface area contributed by atoms with Crippen LogP contribution in [0.25, 0.3) is 0 Å². The first-order chi connectivity index (χ1) is 10.2. The lowest BCUT2D eigenvalue weighted by atomic mass is 9.98. The fourth-order valence-electron chi connectivity index (χ4n) is 3.17. The maximum Gasteiger partial charge on any atom is 0.176 e. The number of aliphatic hydroxyl groups excluding tert-OH is 1. The van der Waals surface area contributed by atoms with Crippen LogP contribution >= 0.6 is 0 Å². The number of benzene rings is 1. The molecular weight excluding hydrogens is 262 g/mol. The first-order valence-corrected chi connectivity index (χ1v) is 8.21. The van der Waals surface area contributed by atoms with E-state index in [1.54, 1.807) is 0 Å². The lowest BCUT2D eigenvalue weighted by Crippen LogP contribution is -2.43. The van der Waals surface area contributed by atoms with Crippen LogP contribution in [0.15, 0.2) is 24.3 Å². The summed E-state index contributed by atoms with van der Waals surface area (Å²) in [7, 11) is 0. The third-order valence-electron chi connectivity index (χ3n) is 4.37. The number of likely N-dealkylation sites (tertiary alicyclic amines) is 1. The number of piperidine rings is 1. The first-order valence-electron chi connectivity index (χ1n) is 8.21. The highest BCUT2D eigenvalue weighted by Crippen LogP contribution is 2.20. The van der Waals surface area contributed by atoms with E-state index in [0.717, 1.165) is 44.2 Å². The second-order valence-electron chi connectivity index (χ2n) is 6.00. The molecule has 0 bridgehead atoms. The molecule has 1 heterocycles. The van der Waals surface area contributed by atoms with E-state index in [0.29, 0.717) is 12.6 Å². The summed E-state index contributed by atoms with van der Waals surface area (Å²) in [5.41, 5.74) is 2.10. The van der Waals surface area contributed by atoms with Crippen molar-refractivity contribution in [2.75, 3.05) is 19.7 Å². The fourth-order valence-corrected chi connectivity index (χ4v) is 3.17. The van der Waals surface area contributed by atoms with Gasteiger partial charge in [0.25, 0.3) is 0 Å². The lowest BCUT2D eigenvalue weighted by Gasteiger charge is -2.34. The molecule has 21 heavy (non-hydrogen) atoms. The second kappa shape index (κ2) is 8.30. The first kappa shape index (κ1) is 16.2. The minimum absolute atomic E-state index is 0.197. The van der Waals surface area contributed by atoms with E-state index < -0.39 is 0 Å². The number of carbonyl (C=O) groups excluding carboxylic acids is 1. The number of hydrogen-bond acceptors (Lipinski definition) is 3. The summed E-state index contributed by atoms with van der Waals surface area (Å²) in [6.45, 7) is 3.83. The molecule has 0 radical (unpaired) electrons. The Kier molecular flexibility index (Phi) is 6.40. The predicted molar refractivity (Wildman–Crippen MR) is 85.7 cm³/mol. The van der Waals surface area contributed by atoms with Gasteiger partial charge in [0.1, 0.15) is 0 Å². The maximum atomic E-state index is 12.4. The Morgan fingerprint density at radius 2 is 2.05 bits per heavy atom. The van der Waals surface area contributed by atoms with E-state index in [-0.39, 0.29) is 12.4 Å². The van der Waals surface area contributed by atoms with Crippen molar-refractivity contribution in [2.45, 2.75) is 51.5 Å². The van der Waals surface area contributed by atoms with Crippen LogP contribution in [-0.4, -0.2) is 41.5 Å². The normalized spacial score (nSPS) is 19.6.